The number of amides is 1. The molecular formula is C22H22N2O6. The summed E-state index contributed by atoms with van der Waals surface area (Å²) in [5.41, 5.74) is 0.778. The smallest absolute Gasteiger partial charge is 0.343 e. The van der Waals surface area contributed by atoms with Crippen molar-refractivity contribution >= 4 is 18.0 Å². The third kappa shape index (κ3) is 6.09. The standard InChI is InChI=1S/C22H22N2O6/c1-27-10-9-24-21(25)17(14-23)11-15-7-8-19(20(12-15)29-3)30-22(26)16-5-4-6-18(13-16)28-2/h4-8,11-13H,9-10H2,1-3H3,(H,24,25)/b17-11+. The van der Waals surface area contributed by atoms with Crippen LogP contribution in [0.25, 0.3) is 6.08 Å². The maximum atomic E-state index is 12.4. The minimum absolute atomic E-state index is 0.0747. The predicted molar refractivity (Wildman–Crippen MR) is 109 cm³/mol. The van der Waals surface area contributed by atoms with E-state index in [9.17, 15) is 14.9 Å². The maximum Gasteiger partial charge on any atom is 0.343 e. The Hall–Kier alpha value is -3.83. The monoisotopic (exact) mass is 410 g/mol. The summed E-state index contributed by atoms with van der Waals surface area (Å²) in [4.78, 5) is 24.5. The average molecular weight is 410 g/mol. The zero-order chi connectivity index (χ0) is 21.9. The molecule has 0 bridgehead atoms. The topological polar surface area (TPSA) is 107 Å². The van der Waals surface area contributed by atoms with Gasteiger partial charge >= 0.3 is 5.97 Å². The molecule has 30 heavy (non-hydrogen) atoms. The second-order valence-corrected chi connectivity index (χ2v) is 5.95. The van der Waals surface area contributed by atoms with Crippen LogP contribution in [0.1, 0.15) is 15.9 Å². The average Bonchev–Trinajstić information content (AvgIpc) is 2.78. The van der Waals surface area contributed by atoms with Crippen molar-refractivity contribution in [1.29, 1.82) is 5.26 Å². The zero-order valence-corrected chi connectivity index (χ0v) is 16.9. The summed E-state index contributed by atoms with van der Waals surface area (Å²) in [6.07, 6.45) is 1.41. The van der Waals surface area contributed by atoms with Crippen LogP contribution in [0.3, 0.4) is 0 Å². The van der Waals surface area contributed by atoms with Gasteiger partial charge in [-0.15, -0.1) is 0 Å². The molecule has 0 aromatic heterocycles. The molecule has 0 atom stereocenters. The van der Waals surface area contributed by atoms with Gasteiger partial charge in [0.05, 0.1) is 26.4 Å². The van der Waals surface area contributed by atoms with E-state index in [2.05, 4.69) is 5.32 Å². The molecule has 8 nitrogen and oxygen atoms in total. The first kappa shape index (κ1) is 22.5. The highest BCUT2D eigenvalue weighted by atomic mass is 16.6. The number of nitrogens with zero attached hydrogens (tertiary/aromatic N) is 1. The van der Waals surface area contributed by atoms with Crippen molar-refractivity contribution in [2.24, 2.45) is 0 Å². The Bertz CT molecular complexity index is 978. The van der Waals surface area contributed by atoms with E-state index in [-0.39, 0.29) is 23.6 Å². The van der Waals surface area contributed by atoms with Crippen molar-refractivity contribution in [3.05, 3.63) is 59.2 Å². The quantitative estimate of drug-likeness (QED) is 0.223. The summed E-state index contributed by atoms with van der Waals surface area (Å²) in [7, 11) is 4.45. The van der Waals surface area contributed by atoms with Crippen molar-refractivity contribution in [2.75, 3.05) is 34.5 Å². The molecular weight excluding hydrogens is 388 g/mol. The minimum atomic E-state index is -0.578. The molecule has 0 saturated heterocycles. The van der Waals surface area contributed by atoms with Gasteiger partial charge in [-0.1, -0.05) is 12.1 Å². The van der Waals surface area contributed by atoms with E-state index < -0.39 is 11.9 Å². The fourth-order valence-corrected chi connectivity index (χ4v) is 2.44. The molecule has 1 amide bonds. The van der Waals surface area contributed by atoms with Gasteiger partial charge in [0, 0.05) is 13.7 Å². The van der Waals surface area contributed by atoms with E-state index in [1.165, 1.54) is 33.5 Å². The third-order valence-corrected chi connectivity index (χ3v) is 3.96. The normalized spacial score (nSPS) is 10.7. The lowest BCUT2D eigenvalue weighted by atomic mass is 10.1. The first-order valence-electron chi connectivity index (χ1n) is 8.95. The Morgan fingerprint density at radius 2 is 1.87 bits per heavy atom. The Balaban J connectivity index is 2.20. The van der Waals surface area contributed by atoms with E-state index in [1.54, 1.807) is 36.4 Å². The highest BCUT2D eigenvalue weighted by Gasteiger charge is 2.14. The van der Waals surface area contributed by atoms with Crippen LogP contribution < -0.4 is 19.5 Å². The number of nitriles is 1. The maximum absolute atomic E-state index is 12.4. The molecule has 0 heterocycles. The van der Waals surface area contributed by atoms with E-state index in [4.69, 9.17) is 18.9 Å². The van der Waals surface area contributed by atoms with Crippen LogP contribution >= 0.6 is 0 Å². The molecule has 2 aromatic carbocycles. The molecule has 2 aromatic rings. The molecule has 156 valence electrons. The van der Waals surface area contributed by atoms with Gasteiger partial charge < -0.3 is 24.3 Å². The number of benzene rings is 2. The highest BCUT2D eigenvalue weighted by molar-refractivity contribution is 6.01. The molecule has 0 fully saturated rings. The third-order valence-electron chi connectivity index (χ3n) is 3.96. The van der Waals surface area contributed by atoms with Crippen LogP contribution in [0.2, 0.25) is 0 Å². The molecule has 0 saturated carbocycles. The Kier molecular flexibility index (Phi) is 8.41. The van der Waals surface area contributed by atoms with Gasteiger partial charge in [0.25, 0.3) is 5.91 Å². The first-order valence-corrected chi connectivity index (χ1v) is 8.95. The molecule has 0 aliphatic carbocycles. The number of rotatable bonds is 9. The molecule has 2 rings (SSSR count). The van der Waals surface area contributed by atoms with Gasteiger partial charge in [0.1, 0.15) is 17.4 Å². The van der Waals surface area contributed by atoms with Gasteiger partial charge in [-0.05, 0) is 42.0 Å². The lowest BCUT2D eigenvalue weighted by Gasteiger charge is -2.11. The van der Waals surface area contributed by atoms with Crippen LogP contribution in [0.4, 0.5) is 0 Å². The lowest BCUT2D eigenvalue weighted by molar-refractivity contribution is -0.117. The second-order valence-electron chi connectivity index (χ2n) is 5.95. The van der Waals surface area contributed by atoms with E-state index in [0.29, 0.717) is 23.5 Å². The predicted octanol–water partition coefficient (Wildman–Crippen LogP) is 2.59. The number of hydrogen-bond acceptors (Lipinski definition) is 7. The van der Waals surface area contributed by atoms with Crippen molar-refractivity contribution < 1.29 is 28.5 Å². The fourth-order valence-electron chi connectivity index (χ4n) is 2.44. The SMILES string of the molecule is COCCNC(=O)/C(C#N)=C/c1ccc(OC(=O)c2cccc(OC)c2)c(OC)c1. The van der Waals surface area contributed by atoms with Crippen LogP contribution in [0.15, 0.2) is 48.0 Å². The van der Waals surface area contributed by atoms with E-state index in [1.807, 2.05) is 6.07 Å². The summed E-state index contributed by atoms with van der Waals surface area (Å²) in [5.74, 6) is -0.0833. The summed E-state index contributed by atoms with van der Waals surface area (Å²) < 4.78 is 20.7. The van der Waals surface area contributed by atoms with Crippen molar-refractivity contribution in [2.45, 2.75) is 0 Å². The summed E-state index contributed by atoms with van der Waals surface area (Å²) in [5, 5.41) is 11.8. The summed E-state index contributed by atoms with van der Waals surface area (Å²) >= 11 is 0. The Morgan fingerprint density at radius 1 is 1.07 bits per heavy atom. The molecule has 1 N–H and O–H groups in total. The Morgan fingerprint density at radius 3 is 2.53 bits per heavy atom. The number of carbonyl (C=O) groups excluding carboxylic acids is 2. The molecule has 0 spiro atoms. The van der Waals surface area contributed by atoms with Gasteiger partial charge in [0.2, 0.25) is 0 Å². The van der Waals surface area contributed by atoms with E-state index in [0.717, 1.165) is 0 Å². The van der Waals surface area contributed by atoms with Gasteiger partial charge in [-0.25, -0.2) is 4.79 Å². The van der Waals surface area contributed by atoms with Crippen LogP contribution in [0.5, 0.6) is 17.2 Å². The van der Waals surface area contributed by atoms with Gasteiger partial charge in [-0.2, -0.15) is 5.26 Å². The van der Waals surface area contributed by atoms with Crippen molar-refractivity contribution in [3.63, 3.8) is 0 Å². The van der Waals surface area contributed by atoms with Crippen molar-refractivity contribution in [3.8, 4) is 23.3 Å². The van der Waals surface area contributed by atoms with Gasteiger partial charge in [-0.3, -0.25) is 4.79 Å². The van der Waals surface area contributed by atoms with Crippen LogP contribution in [-0.4, -0.2) is 46.4 Å². The molecule has 0 aliphatic rings. The van der Waals surface area contributed by atoms with Gasteiger partial charge in [0.15, 0.2) is 11.5 Å². The number of ether oxygens (including phenoxy) is 4. The second kappa shape index (κ2) is 11.2. The number of nitrogens with one attached hydrogen (secondary N) is 1. The zero-order valence-electron chi connectivity index (χ0n) is 16.9. The lowest BCUT2D eigenvalue weighted by Crippen LogP contribution is -2.27. The number of carbonyl (C=O) groups is 2. The first-order chi connectivity index (χ1) is 14.5. The Labute approximate surface area is 174 Å². The molecule has 0 unspecified atom stereocenters. The van der Waals surface area contributed by atoms with Crippen molar-refractivity contribution in [1.82, 2.24) is 5.32 Å². The number of methoxy groups -OCH3 is 3. The summed E-state index contributed by atoms with van der Waals surface area (Å²) in [6, 6.07) is 13.1. The molecule has 0 aliphatic heterocycles. The molecule has 8 heteroatoms. The summed E-state index contributed by atoms with van der Waals surface area (Å²) in [6.45, 7) is 0.627. The molecule has 0 radical (unpaired) electrons. The largest absolute Gasteiger partial charge is 0.497 e. The number of esters is 1. The highest BCUT2D eigenvalue weighted by Crippen LogP contribution is 2.30. The van der Waals surface area contributed by atoms with Crippen LogP contribution in [0, 0.1) is 11.3 Å². The van der Waals surface area contributed by atoms with Crippen LogP contribution in [-0.2, 0) is 9.53 Å². The fraction of sp³-hybridized carbons (Fsp3) is 0.227. The minimum Gasteiger partial charge on any atom is -0.497 e. The number of hydrogen-bond donors (Lipinski definition) is 1. The van der Waals surface area contributed by atoms with E-state index >= 15 is 0 Å².